The topological polar surface area (TPSA) is 128 Å². The van der Waals surface area contributed by atoms with E-state index in [4.69, 9.17) is 15.6 Å². The summed E-state index contributed by atoms with van der Waals surface area (Å²) in [6.45, 7) is 7.09. The van der Waals surface area contributed by atoms with Crippen molar-refractivity contribution < 1.29 is 14.3 Å². The fourth-order valence-corrected chi connectivity index (χ4v) is 4.75. The van der Waals surface area contributed by atoms with Crippen LogP contribution in [0.3, 0.4) is 0 Å². The Morgan fingerprint density at radius 2 is 1.82 bits per heavy atom. The molecule has 3 heterocycles. The summed E-state index contributed by atoms with van der Waals surface area (Å²) in [7, 11) is 0. The van der Waals surface area contributed by atoms with E-state index in [0.717, 1.165) is 24.0 Å². The lowest BCUT2D eigenvalue weighted by atomic mass is 10.1. The Balaban J connectivity index is 1.38. The first-order chi connectivity index (χ1) is 18.7. The molecular formula is C29H33N7O3. The SMILES string of the molecule is CC(C)(C)OC(=O)N1CCC[C@@H](n2nc(-c3ccc(CNC(=O)c4ccccc4)cc3)c3c(N)ncnc32)C1. The first-order valence-electron chi connectivity index (χ1n) is 13.1. The van der Waals surface area contributed by atoms with Gasteiger partial charge in [-0.2, -0.15) is 5.10 Å². The van der Waals surface area contributed by atoms with E-state index in [1.807, 2.05) is 67.9 Å². The summed E-state index contributed by atoms with van der Waals surface area (Å²) >= 11 is 0. The van der Waals surface area contributed by atoms with Crippen LogP contribution in [-0.4, -0.2) is 55.3 Å². The fourth-order valence-electron chi connectivity index (χ4n) is 4.75. The average molecular weight is 528 g/mol. The first kappa shape index (κ1) is 26.1. The summed E-state index contributed by atoms with van der Waals surface area (Å²) in [6.07, 6.45) is 2.78. The Hall–Kier alpha value is -4.47. The molecule has 0 bridgehead atoms. The minimum Gasteiger partial charge on any atom is -0.444 e. The third-order valence-electron chi connectivity index (χ3n) is 6.63. The van der Waals surface area contributed by atoms with Crippen molar-refractivity contribution in [2.24, 2.45) is 0 Å². The number of ether oxygens (including phenoxy) is 1. The zero-order valence-electron chi connectivity index (χ0n) is 22.4. The summed E-state index contributed by atoms with van der Waals surface area (Å²) < 4.78 is 7.47. The number of piperidine rings is 1. The molecule has 5 rings (SSSR count). The van der Waals surface area contributed by atoms with E-state index >= 15 is 0 Å². The molecule has 0 aliphatic carbocycles. The lowest BCUT2D eigenvalue weighted by molar-refractivity contribution is 0.0169. The molecule has 1 aliphatic rings. The van der Waals surface area contributed by atoms with Gasteiger partial charge in [0.25, 0.3) is 5.91 Å². The molecule has 10 heteroatoms. The first-order valence-corrected chi connectivity index (χ1v) is 13.1. The normalized spacial score (nSPS) is 15.8. The van der Waals surface area contributed by atoms with Crippen molar-refractivity contribution in [1.29, 1.82) is 0 Å². The number of likely N-dealkylation sites (tertiary alicyclic amines) is 1. The second kappa shape index (κ2) is 10.7. The fraction of sp³-hybridized carbons (Fsp3) is 0.345. The van der Waals surface area contributed by atoms with Gasteiger partial charge in [-0.25, -0.2) is 19.4 Å². The van der Waals surface area contributed by atoms with Gasteiger partial charge in [0.1, 0.15) is 23.4 Å². The van der Waals surface area contributed by atoms with Gasteiger partial charge in [-0.3, -0.25) is 4.79 Å². The molecule has 3 N–H and O–H groups in total. The van der Waals surface area contributed by atoms with Crippen LogP contribution in [-0.2, 0) is 11.3 Å². The maximum absolute atomic E-state index is 12.7. The van der Waals surface area contributed by atoms with Crippen LogP contribution in [0.4, 0.5) is 10.6 Å². The monoisotopic (exact) mass is 527 g/mol. The summed E-state index contributed by atoms with van der Waals surface area (Å²) in [5.74, 6) is 0.225. The molecule has 1 fully saturated rings. The highest BCUT2D eigenvalue weighted by Gasteiger charge is 2.31. The van der Waals surface area contributed by atoms with Gasteiger partial charge in [0.15, 0.2) is 5.65 Å². The minimum absolute atomic E-state index is 0.0794. The van der Waals surface area contributed by atoms with Crippen molar-refractivity contribution in [1.82, 2.24) is 30.0 Å². The van der Waals surface area contributed by atoms with Gasteiger partial charge in [0.05, 0.1) is 11.4 Å². The van der Waals surface area contributed by atoms with Crippen molar-refractivity contribution in [3.8, 4) is 11.3 Å². The van der Waals surface area contributed by atoms with Crippen LogP contribution in [0.25, 0.3) is 22.3 Å². The quantitative estimate of drug-likeness (QED) is 0.389. The van der Waals surface area contributed by atoms with Crippen molar-refractivity contribution in [2.45, 2.75) is 51.8 Å². The van der Waals surface area contributed by atoms with Crippen LogP contribution in [0.2, 0.25) is 0 Å². The van der Waals surface area contributed by atoms with E-state index in [0.29, 0.717) is 47.7 Å². The lowest BCUT2D eigenvalue weighted by Crippen LogP contribution is -2.43. The van der Waals surface area contributed by atoms with Gasteiger partial charge < -0.3 is 20.7 Å². The molecular weight excluding hydrogens is 494 g/mol. The molecule has 1 atom stereocenters. The third-order valence-corrected chi connectivity index (χ3v) is 6.63. The molecule has 0 radical (unpaired) electrons. The predicted molar refractivity (Wildman–Crippen MR) is 149 cm³/mol. The highest BCUT2D eigenvalue weighted by molar-refractivity contribution is 5.98. The maximum atomic E-state index is 12.7. The van der Waals surface area contributed by atoms with Gasteiger partial charge in [-0.15, -0.1) is 0 Å². The number of rotatable bonds is 5. The number of nitrogens with two attached hydrogens (primary N) is 1. The second-order valence-corrected chi connectivity index (χ2v) is 10.7. The Labute approximate surface area is 227 Å². The Bertz CT molecular complexity index is 1480. The number of carbonyl (C=O) groups excluding carboxylic acids is 2. The number of nitrogens with zero attached hydrogens (tertiary/aromatic N) is 5. The Morgan fingerprint density at radius 3 is 2.54 bits per heavy atom. The largest absolute Gasteiger partial charge is 0.444 e. The van der Waals surface area contributed by atoms with Crippen LogP contribution in [0.5, 0.6) is 0 Å². The van der Waals surface area contributed by atoms with Crippen molar-refractivity contribution in [2.75, 3.05) is 18.8 Å². The standard InChI is InChI=1S/C29H33N7O3/c1-29(2,3)39-28(38)35-15-7-10-22(17-35)36-26-23(25(30)32-18-33-26)24(34-36)20-13-11-19(12-14-20)16-31-27(37)21-8-5-4-6-9-21/h4-6,8-9,11-14,18,22H,7,10,15-17H2,1-3H3,(H,31,37)(H2,30,32,33)/t22-/m1/s1. The van der Waals surface area contributed by atoms with Crippen LogP contribution in [0.1, 0.15) is 55.6 Å². The molecule has 1 saturated heterocycles. The molecule has 0 spiro atoms. The van der Waals surface area contributed by atoms with Crippen LogP contribution in [0.15, 0.2) is 60.9 Å². The zero-order valence-corrected chi connectivity index (χ0v) is 22.4. The van der Waals surface area contributed by atoms with Gasteiger partial charge in [-0.1, -0.05) is 42.5 Å². The van der Waals surface area contributed by atoms with E-state index < -0.39 is 5.60 Å². The number of benzene rings is 2. The number of hydrogen-bond donors (Lipinski definition) is 2. The predicted octanol–water partition coefficient (Wildman–Crippen LogP) is 4.58. The van der Waals surface area contributed by atoms with E-state index in [1.54, 1.807) is 17.0 Å². The number of fused-ring (bicyclic) bond motifs is 1. The zero-order chi connectivity index (χ0) is 27.6. The van der Waals surface area contributed by atoms with E-state index in [2.05, 4.69) is 15.3 Å². The molecule has 0 saturated carbocycles. The Kier molecular flexibility index (Phi) is 7.19. The maximum Gasteiger partial charge on any atom is 0.410 e. The number of amides is 2. The van der Waals surface area contributed by atoms with E-state index in [1.165, 1.54) is 6.33 Å². The number of anilines is 1. The van der Waals surface area contributed by atoms with Gasteiger partial charge in [-0.05, 0) is 51.3 Å². The molecule has 2 amide bonds. The molecule has 39 heavy (non-hydrogen) atoms. The van der Waals surface area contributed by atoms with E-state index in [-0.39, 0.29) is 18.0 Å². The molecule has 10 nitrogen and oxygen atoms in total. The Morgan fingerprint density at radius 1 is 1.08 bits per heavy atom. The molecule has 4 aromatic rings. The summed E-state index contributed by atoms with van der Waals surface area (Å²) in [4.78, 5) is 35.6. The summed E-state index contributed by atoms with van der Waals surface area (Å²) in [6, 6.07) is 16.9. The van der Waals surface area contributed by atoms with Crippen LogP contribution in [0, 0.1) is 0 Å². The van der Waals surface area contributed by atoms with Crippen molar-refractivity contribution in [3.63, 3.8) is 0 Å². The molecule has 2 aromatic carbocycles. The number of carbonyl (C=O) groups is 2. The second-order valence-electron chi connectivity index (χ2n) is 10.7. The highest BCUT2D eigenvalue weighted by Crippen LogP contribution is 2.34. The number of nitrogens with one attached hydrogen (secondary N) is 1. The molecule has 202 valence electrons. The highest BCUT2D eigenvalue weighted by atomic mass is 16.6. The summed E-state index contributed by atoms with van der Waals surface area (Å²) in [5.41, 5.74) is 9.49. The molecule has 2 aromatic heterocycles. The van der Waals surface area contributed by atoms with Gasteiger partial charge in [0.2, 0.25) is 0 Å². The van der Waals surface area contributed by atoms with Crippen LogP contribution < -0.4 is 11.1 Å². The lowest BCUT2D eigenvalue weighted by Gasteiger charge is -2.34. The number of hydrogen-bond acceptors (Lipinski definition) is 7. The van der Waals surface area contributed by atoms with Crippen LogP contribution >= 0.6 is 0 Å². The smallest absolute Gasteiger partial charge is 0.410 e. The van der Waals surface area contributed by atoms with Crippen molar-refractivity contribution >= 4 is 28.9 Å². The molecule has 1 aliphatic heterocycles. The number of aromatic nitrogens is 4. The molecule has 0 unspecified atom stereocenters. The van der Waals surface area contributed by atoms with Gasteiger partial charge in [0, 0.05) is 30.8 Å². The summed E-state index contributed by atoms with van der Waals surface area (Å²) in [5, 5.41) is 8.57. The minimum atomic E-state index is -0.562. The van der Waals surface area contributed by atoms with Crippen molar-refractivity contribution in [3.05, 3.63) is 72.1 Å². The number of nitrogen functional groups attached to an aromatic ring is 1. The third kappa shape index (κ3) is 5.84. The van der Waals surface area contributed by atoms with Gasteiger partial charge >= 0.3 is 6.09 Å². The average Bonchev–Trinajstić information content (AvgIpc) is 3.33. The van der Waals surface area contributed by atoms with E-state index in [9.17, 15) is 9.59 Å².